The largest absolute Gasteiger partial charge is 0.426 e. The van der Waals surface area contributed by atoms with Gasteiger partial charge in [-0.2, -0.15) is 0 Å². The summed E-state index contributed by atoms with van der Waals surface area (Å²) in [6.45, 7) is 3.59. The standard InChI is InChI=1S/C16H18N2O4/c1-10(2)14(15(17)19)18-16(20)12-8-9-13(22-12)21-11-6-4-3-5-7-11/h3-10,14H,1-2H3,(H2,17,19)(H,18,20). The van der Waals surface area contributed by atoms with E-state index in [9.17, 15) is 9.59 Å². The zero-order chi connectivity index (χ0) is 16.1. The molecule has 0 bridgehead atoms. The van der Waals surface area contributed by atoms with Crippen molar-refractivity contribution in [1.82, 2.24) is 5.32 Å². The molecule has 2 aromatic rings. The number of carbonyl (C=O) groups is 2. The summed E-state index contributed by atoms with van der Waals surface area (Å²) in [5.74, 6) is -0.372. The van der Waals surface area contributed by atoms with Gasteiger partial charge < -0.3 is 20.2 Å². The number of ether oxygens (including phenoxy) is 1. The van der Waals surface area contributed by atoms with Crippen molar-refractivity contribution in [2.45, 2.75) is 19.9 Å². The van der Waals surface area contributed by atoms with Crippen LogP contribution in [0.2, 0.25) is 0 Å². The van der Waals surface area contributed by atoms with Crippen molar-refractivity contribution in [3.05, 3.63) is 48.2 Å². The quantitative estimate of drug-likeness (QED) is 0.856. The molecule has 0 saturated carbocycles. The van der Waals surface area contributed by atoms with Crippen LogP contribution in [-0.2, 0) is 4.79 Å². The van der Waals surface area contributed by atoms with Crippen LogP contribution in [0.4, 0.5) is 0 Å². The predicted octanol–water partition coefficient (Wildman–Crippen LogP) is 2.31. The number of rotatable bonds is 6. The lowest BCUT2D eigenvalue weighted by molar-refractivity contribution is -0.120. The Morgan fingerprint density at radius 1 is 1.14 bits per heavy atom. The maximum Gasteiger partial charge on any atom is 0.290 e. The second-order valence-electron chi connectivity index (χ2n) is 5.13. The number of para-hydroxylation sites is 1. The number of hydrogen-bond donors (Lipinski definition) is 2. The molecule has 0 spiro atoms. The van der Waals surface area contributed by atoms with Crippen LogP contribution in [0.5, 0.6) is 11.7 Å². The van der Waals surface area contributed by atoms with Gasteiger partial charge in [0, 0.05) is 6.07 Å². The molecule has 1 atom stereocenters. The number of amides is 2. The molecule has 6 nitrogen and oxygen atoms in total. The van der Waals surface area contributed by atoms with Crippen molar-refractivity contribution in [3.63, 3.8) is 0 Å². The van der Waals surface area contributed by atoms with Gasteiger partial charge in [-0.15, -0.1) is 0 Å². The van der Waals surface area contributed by atoms with Crippen molar-refractivity contribution < 1.29 is 18.7 Å². The number of primary amides is 1. The summed E-state index contributed by atoms with van der Waals surface area (Å²) >= 11 is 0. The smallest absolute Gasteiger partial charge is 0.290 e. The third-order valence-electron chi connectivity index (χ3n) is 3.03. The van der Waals surface area contributed by atoms with E-state index in [2.05, 4.69) is 5.32 Å². The fourth-order valence-electron chi connectivity index (χ4n) is 1.88. The lowest BCUT2D eigenvalue weighted by Gasteiger charge is -2.17. The van der Waals surface area contributed by atoms with E-state index in [-0.39, 0.29) is 17.6 Å². The van der Waals surface area contributed by atoms with E-state index in [0.717, 1.165) is 0 Å². The molecule has 0 radical (unpaired) electrons. The van der Waals surface area contributed by atoms with Crippen LogP contribution in [0.3, 0.4) is 0 Å². The Morgan fingerprint density at radius 2 is 1.82 bits per heavy atom. The van der Waals surface area contributed by atoms with E-state index in [0.29, 0.717) is 5.75 Å². The summed E-state index contributed by atoms with van der Waals surface area (Å²) in [6.07, 6.45) is 0. The zero-order valence-electron chi connectivity index (χ0n) is 12.4. The van der Waals surface area contributed by atoms with Gasteiger partial charge in [-0.25, -0.2) is 0 Å². The molecule has 1 heterocycles. The van der Waals surface area contributed by atoms with Gasteiger partial charge in [-0.05, 0) is 24.1 Å². The molecule has 2 amide bonds. The van der Waals surface area contributed by atoms with E-state index >= 15 is 0 Å². The summed E-state index contributed by atoms with van der Waals surface area (Å²) in [6, 6.07) is 11.3. The Morgan fingerprint density at radius 3 is 2.41 bits per heavy atom. The van der Waals surface area contributed by atoms with Crippen LogP contribution >= 0.6 is 0 Å². The molecule has 0 aliphatic carbocycles. The Bertz CT molecular complexity index is 649. The summed E-state index contributed by atoms with van der Waals surface area (Å²) in [5.41, 5.74) is 5.26. The maximum absolute atomic E-state index is 12.1. The van der Waals surface area contributed by atoms with Crippen molar-refractivity contribution >= 4 is 11.8 Å². The van der Waals surface area contributed by atoms with Crippen LogP contribution in [0.15, 0.2) is 46.9 Å². The topological polar surface area (TPSA) is 94.6 Å². The first-order valence-electron chi connectivity index (χ1n) is 6.90. The first-order chi connectivity index (χ1) is 10.5. The number of benzene rings is 1. The maximum atomic E-state index is 12.1. The minimum absolute atomic E-state index is 0.0535. The highest BCUT2D eigenvalue weighted by Crippen LogP contribution is 2.23. The number of hydrogen-bond acceptors (Lipinski definition) is 4. The number of furan rings is 1. The van der Waals surface area contributed by atoms with Crippen LogP contribution < -0.4 is 15.8 Å². The van der Waals surface area contributed by atoms with E-state index < -0.39 is 17.9 Å². The molecule has 0 saturated heterocycles. The lowest BCUT2D eigenvalue weighted by Crippen LogP contribution is -2.47. The van der Waals surface area contributed by atoms with Crippen molar-refractivity contribution in [2.75, 3.05) is 0 Å². The molecule has 3 N–H and O–H groups in total. The summed E-state index contributed by atoms with van der Waals surface area (Å²) in [5, 5.41) is 2.55. The highest BCUT2D eigenvalue weighted by atomic mass is 16.6. The van der Waals surface area contributed by atoms with Crippen molar-refractivity contribution in [2.24, 2.45) is 11.7 Å². The van der Waals surface area contributed by atoms with Crippen LogP contribution in [0, 0.1) is 5.92 Å². The molecule has 0 aliphatic rings. The first kappa shape index (κ1) is 15.6. The third kappa shape index (κ3) is 3.88. The average Bonchev–Trinajstić information content (AvgIpc) is 2.93. The zero-order valence-corrected chi connectivity index (χ0v) is 12.4. The molecule has 22 heavy (non-hydrogen) atoms. The Labute approximate surface area is 128 Å². The second kappa shape index (κ2) is 6.80. The average molecular weight is 302 g/mol. The summed E-state index contributed by atoms with van der Waals surface area (Å²) in [7, 11) is 0. The minimum Gasteiger partial charge on any atom is -0.426 e. The summed E-state index contributed by atoms with van der Waals surface area (Å²) < 4.78 is 10.8. The van der Waals surface area contributed by atoms with Crippen molar-refractivity contribution in [1.29, 1.82) is 0 Å². The highest BCUT2D eigenvalue weighted by molar-refractivity contribution is 5.95. The van der Waals surface area contributed by atoms with Crippen LogP contribution in [0.1, 0.15) is 24.4 Å². The van der Waals surface area contributed by atoms with Gasteiger partial charge in [-0.3, -0.25) is 9.59 Å². The number of nitrogens with two attached hydrogens (primary N) is 1. The van der Waals surface area contributed by atoms with E-state index in [4.69, 9.17) is 14.9 Å². The van der Waals surface area contributed by atoms with Crippen LogP contribution in [-0.4, -0.2) is 17.9 Å². The van der Waals surface area contributed by atoms with E-state index in [1.54, 1.807) is 26.0 Å². The Balaban J connectivity index is 2.04. The SMILES string of the molecule is CC(C)C(NC(=O)c1ccc(Oc2ccccc2)o1)C(N)=O. The van der Waals surface area contributed by atoms with Crippen LogP contribution in [0.25, 0.3) is 0 Å². The van der Waals surface area contributed by atoms with Gasteiger partial charge in [0.05, 0.1) is 0 Å². The van der Waals surface area contributed by atoms with Gasteiger partial charge in [0.1, 0.15) is 11.8 Å². The van der Waals surface area contributed by atoms with Gasteiger partial charge in [0.15, 0.2) is 5.76 Å². The van der Waals surface area contributed by atoms with Crippen molar-refractivity contribution in [3.8, 4) is 11.7 Å². The summed E-state index contributed by atoms with van der Waals surface area (Å²) in [4.78, 5) is 23.4. The van der Waals surface area contributed by atoms with Gasteiger partial charge >= 0.3 is 0 Å². The van der Waals surface area contributed by atoms with Gasteiger partial charge in [-0.1, -0.05) is 32.0 Å². The van der Waals surface area contributed by atoms with Gasteiger partial charge in [0.2, 0.25) is 5.91 Å². The second-order valence-corrected chi connectivity index (χ2v) is 5.13. The molecular formula is C16H18N2O4. The Hall–Kier alpha value is -2.76. The molecular weight excluding hydrogens is 284 g/mol. The van der Waals surface area contributed by atoms with E-state index in [1.807, 2.05) is 18.2 Å². The molecule has 6 heteroatoms. The lowest BCUT2D eigenvalue weighted by atomic mass is 10.0. The monoisotopic (exact) mass is 302 g/mol. The molecule has 1 aromatic carbocycles. The first-order valence-corrected chi connectivity index (χ1v) is 6.90. The molecule has 1 aromatic heterocycles. The molecule has 0 aliphatic heterocycles. The molecule has 0 fully saturated rings. The molecule has 1 unspecified atom stereocenters. The number of nitrogens with one attached hydrogen (secondary N) is 1. The Kier molecular flexibility index (Phi) is 4.83. The fraction of sp³-hybridized carbons (Fsp3) is 0.250. The normalized spacial score (nSPS) is 12.0. The van der Waals surface area contributed by atoms with Gasteiger partial charge in [0.25, 0.3) is 11.9 Å². The molecule has 116 valence electrons. The fourth-order valence-corrected chi connectivity index (χ4v) is 1.88. The van der Waals surface area contributed by atoms with E-state index in [1.165, 1.54) is 12.1 Å². The predicted molar refractivity (Wildman–Crippen MR) is 80.5 cm³/mol. The third-order valence-corrected chi connectivity index (χ3v) is 3.03. The molecule has 2 rings (SSSR count). The highest BCUT2D eigenvalue weighted by Gasteiger charge is 2.23. The minimum atomic E-state index is -0.754. The number of carbonyl (C=O) groups excluding carboxylic acids is 2.